The number of hydrogen-bond acceptors (Lipinski definition) is 6. The molecule has 0 unspecified atom stereocenters. The van der Waals surface area contributed by atoms with Crippen LogP contribution in [-0.2, 0) is 14.9 Å². The van der Waals surface area contributed by atoms with Crippen molar-refractivity contribution in [1.29, 1.82) is 10.5 Å². The molecule has 1 amide bonds. The fourth-order valence-corrected chi connectivity index (χ4v) is 7.47. The third-order valence-electron chi connectivity index (χ3n) is 9.61. The van der Waals surface area contributed by atoms with Crippen LogP contribution in [0.1, 0.15) is 43.2 Å². The number of carbonyl (C=O) groups excluding carboxylic acids is 1. The molecule has 1 aliphatic carbocycles. The lowest BCUT2D eigenvalue weighted by atomic mass is 9.59. The highest BCUT2D eigenvalue weighted by Gasteiger charge is 2.53. The normalized spacial score (nSPS) is 26.8. The number of anilines is 1. The van der Waals surface area contributed by atoms with E-state index in [0.717, 1.165) is 76.1 Å². The lowest BCUT2D eigenvalue weighted by Gasteiger charge is -2.48. The van der Waals surface area contributed by atoms with Crippen molar-refractivity contribution in [1.82, 2.24) is 10.2 Å². The molecule has 40 heavy (non-hydrogen) atoms. The zero-order valence-corrected chi connectivity index (χ0v) is 22.8. The summed E-state index contributed by atoms with van der Waals surface area (Å²) in [7, 11) is 0. The topological polar surface area (TPSA) is 95.7 Å². The van der Waals surface area contributed by atoms with Crippen LogP contribution >= 0.6 is 0 Å². The Kier molecular flexibility index (Phi) is 7.49. The summed E-state index contributed by atoms with van der Waals surface area (Å²) >= 11 is 0. The van der Waals surface area contributed by atoms with Crippen molar-refractivity contribution < 1.29 is 13.9 Å². The average molecular weight is 542 g/mol. The van der Waals surface area contributed by atoms with Crippen LogP contribution < -0.4 is 10.2 Å². The first-order valence-corrected chi connectivity index (χ1v) is 14.6. The molecule has 2 aromatic carbocycles. The number of ether oxygens (including phenoxy) is 1. The molecular weight excluding hydrogens is 505 g/mol. The van der Waals surface area contributed by atoms with E-state index in [-0.39, 0.29) is 35.7 Å². The zero-order valence-electron chi connectivity index (χ0n) is 22.8. The molecule has 3 saturated heterocycles. The standard InChI is InChI=1S/C32H36FN5O2/c33-26-4-1-3-25(15-26)32(21-35,28-5-2-6-29(28)36-31(39)30-20-40-30)24-11-13-37(14-12-24)17-23-18-38(19-23)27-9-7-22(16-34)8-10-27/h1,3-4,7-10,15,23-24,28-30H,2,5-6,11-14,17-20H2,(H,36,39)/t28-,29-,30+,32-/m0/s1. The predicted molar refractivity (Wildman–Crippen MR) is 149 cm³/mol. The molecule has 6 rings (SSSR count). The van der Waals surface area contributed by atoms with Crippen LogP contribution in [0, 0.1) is 46.2 Å². The number of carbonyl (C=O) groups is 1. The third kappa shape index (κ3) is 5.19. The van der Waals surface area contributed by atoms with Crippen molar-refractivity contribution in [2.24, 2.45) is 17.8 Å². The molecule has 3 heterocycles. The first-order valence-electron chi connectivity index (χ1n) is 14.6. The molecular formula is C32H36FN5O2. The molecule has 0 bridgehead atoms. The van der Waals surface area contributed by atoms with E-state index < -0.39 is 5.41 Å². The van der Waals surface area contributed by atoms with E-state index in [4.69, 9.17) is 10.00 Å². The minimum Gasteiger partial charge on any atom is -0.371 e. The summed E-state index contributed by atoms with van der Waals surface area (Å²) in [6.07, 6.45) is 4.00. The molecule has 4 aliphatic rings. The molecule has 3 aliphatic heterocycles. The van der Waals surface area contributed by atoms with Gasteiger partial charge in [0.1, 0.15) is 5.82 Å². The van der Waals surface area contributed by atoms with Crippen LogP contribution in [0.5, 0.6) is 0 Å². The van der Waals surface area contributed by atoms with Gasteiger partial charge in [-0.2, -0.15) is 10.5 Å². The fourth-order valence-electron chi connectivity index (χ4n) is 7.47. The average Bonchev–Trinajstić information content (AvgIpc) is 3.72. The van der Waals surface area contributed by atoms with Gasteiger partial charge in [-0.25, -0.2) is 4.39 Å². The minimum atomic E-state index is -0.851. The largest absolute Gasteiger partial charge is 0.371 e. The van der Waals surface area contributed by atoms with E-state index in [2.05, 4.69) is 27.3 Å². The molecule has 1 N–H and O–H groups in total. The second kappa shape index (κ2) is 11.2. The maximum Gasteiger partial charge on any atom is 0.251 e. The van der Waals surface area contributed by atoms with Crippen molar-refractivity contribution in [2.75, 3.05) is 44.2 Å². The predicted octanol–water partition coefficient (Wildman–Crippen LogP) is 3.99. The second-order valence-corrected chi connectivity index (χ2v) is 12.0. The Hall–Kier alpha value is -3.46. The molecule has 208 valence electrons. The SMILES string of the molecule is N#Cc1ccc(N2CC(CN3CCC([C@@](C#N)(c4cccc(F)c4)[C@H]4CCC[C@@H]4NC(=O)[C@H]4CO4)CC3)C2)cc1. The van der Waals surface area contributed by atoms with Crippen LogP contribution in [0.4, 0.5) is 10.1 Å². The smallest absolute Gasteiger partial charge is 0.251 e. The van der Waals surface area contributed by atoms with Crippen LogP contribution in [-0.4, -0.2) is 62.3 Å². The summed E-state index contributed by atoms with van der Waals surface area (Å²) in [5.41, 5.74) is 1.74. The van der Waals surface area contributed by atoms with Gasteiger partial charge in [0, 0.05) is 43.2 Å². The highest BCUT2D eigenvalue weighted by atomic mass is 19.1. The van der Waals surface area contributed by atoms with E-state index in [0.29, 0.717) is 18.1 Å². The maximum absolute atomic E-state index is 14.5. The molecule has 4 atom stereocenters. The van der Waals surface area contributed by atoms with E-state index in [1.54, 1.807) is 12.1 Å². The van der Waals surface area contributed by atoms with Crippen molar-refractivity contribution >= 4 is 11.6 Å². The van der Waals surface area contributed by atoms with Gasteiger partial charge in [0.2, 0.25) is 0 Å². The van der Waals surface area contributed by atoms with E-state index >= 15 is 0 Å². The van der Waals surface area contributed by atoms with Gasteiger partial charge in [-0.3, -0.25) is 4.79 Å². The quantitative estimate of drug-likeness (QED) is 0.508. The number of benzene rings is 2. The lowest BCUT2D eigenvalue weighted by molar-refractivity contribution is -0.123. The molecule has 4 fully saturated rings. The van der Waals surface area contributed by atoms with Gasteiger partial charge in [-0.1, -0.05) is 18.6 Å². The van der Waals surface area contributed by atoms with E-state index in [1.165, 1.54) is 6.07 Å². The van der Waals surface area contributed by atoms with Crippen LogP contribution in [0.25, 0.3) is 0 Å². The molecule has 8 heteroatoms. The Bertz CT molecular complexity index is 1300. The van der Waals surface area contributed by atoms with Crippen LogP contribution in [0.2, 0.25) is 0 Å². The Balaban J connectivity index is 1.13. The number of amides is 1. The Morgan fingerprint density at radius 3 is 2.48 bits per heavy atom. The second-order valence-electron chi connectivity index (χ2n) is 12.0. The number of rotatable bonds is 8. The highest BCUT2D eigenvalue weighted by molar-refractivity contribution is 5.83. The zero-order chi connectivity index (χ0) is 27.7. The van der Waals surface area contributed by atoms with Crippen molar-refractivity contribution in [3.63, 3.8) is 0 Å². The molecule has 1 saturated carbocycles. The van der Waals surface area contributed by atoms with Gasteiger partial charge in [-0.05, 0) is 86.7 Å². The Morgan fingerprint density at radius 1 is 1.07 bits per heavy atom. The number of halogens is 1. The molecule has 0 aromatic heterocycles. The summed E-state index contributed by atoms with van der Waals surface area (Å²) in [4.78, 5) is 17.5. The Morgan fingerprint density at radius 2 is 1.82 bits per heavy atom. The van der Waals surface area contributed by atoms with Crippen LogP contribution in [0.3, 0.4) is 0 Å². The summed E-state index contributed by atoms with van der Waals surface area (Å²) < 4.78 is 19.7. The van der Waals surface area contributed by atoms with Crippen molar-refractivity contribution in [3.05, 3.63) is 65.5 Å². The molecule has 0 radical (unpaired) electrons. The summed E-state index contributed by atoms with van der Waals surface area (Å²) in [5.74, 6) is 0.206. The van der Waals surface area contributed by atoms with Gasteiger partial charge in [0.25, 0.3) is 5.91 Å². The molecule has 0 spiro atoms. The molecule has 2 aromatic rings. The Labute approximate surface area is 235 Å². The first-order chi connectivity index (χ1) is 19.5. The van der Waals surface area contributed by atoms with Gasteiger partial charge in [0.15, 0.2) is 6.10 Å². The summed E-state index contributed by atoms with van der Waals surface area (Å²) in [6, 6.07) is 19.2. The lowest BCUT2D eigenvalue weighted by Crippen LogP contribution is -2.55. The van der Waals surface area contributed by atoms with E-state index in [9.17, 15) is 14.4 Å². The summed E-state index contributed by atoms with van der Waals surface area (Å²) in [5, 5.41) is 23.1. The van der Waals surface area contributed by atoms with Crippen molar-refractivity contribution in [2.45, 2.75) is 49.7 Å². The number of epoxide rings is 1. The fraction of sp³-hybridized carbons (Fsp3) is 0.531. The van der Waals surface area contributed by atoms with Crippen LogP contribution in [0.15, 0.2) is 48.5 Å². The number of nitriles is 2. The van der Waals surface area contributed by atoms with Gasteiger partial charge >= 0.3 is 0 Å². The highest BCUT2D eigenvalue weighted by Crippen LogP contribution is 2.50. The number of hydrogen-bond donors (Lipinski definition) is 1. The summed E-state index contributed by atoms with van der Waals surface area (Å²) in [6.45, 7) is 5.33. The third-order valence-corrected chi connectivity index (χ3v) is 9.61. The van der Waals surface area contributed by atoms with Gasteiger partial charge < -0.3 is 19.9 Å². The minimum absolute atomic E-state index is 0.0637. The van der Waals surface area contributed by atoms with E-state index in [1.807, 2.05) is 30.3 Å². The number of nitrogens with one attached hydrogen (secondary N) is 1. The maximum atomic E-state index is 14.5. The first kappa shape index (κ1) is 26.7. The monoisotopic (exact) mass is 541 g/mol. The number of likely N-dealkylation sites (tertiary alicyclic amines) is 1. The number of nitrogens with zero attached hydrogens (tertiary/aromatic N) is 4. The molecule has 7 nitrogen and oxygen atoms in total. The number of piperidine rings is 1. The van der Waals surface area contributed by atoms with Crippen molar-refractivity contribution in [3.8, 4) is 12.1 Å². The van der Waals surface area contributed by atoms with Gasteiger partial charge in [0.05, 0.1) is 29.7 Å². The van der Waals surface area contributed by atoms with Gasteiger partial charge in [-0.15, -0.1) is 0 Å².